The van der Waals surface area contributed by atoms with Crippen LogP contribution in [0, 0.1) is 5.92 Å². The van der Waals surface area contributed by atoms with Crippen molar-refractivity contribution < 1.29 is 9.26 Å². The third kappa shape index (κ3) is 2.99. The van der Waals surface area contributed by atoms with Gasteiger partial charge in [-0.3, -0.25) is 0 Å². The van der Waals surface area contributed by atoms with Gasteiger partial charge in [-0.1, -0.05) is 32.3 Å². The fourth-order valence-electron chi connectivity index (χ4n) is 3.37. The number of aromatic nitrogens is 2. The van der Waals surface area contributed by atoms with E-state index in [1.54, 1.807) is 7.11 Å². The maximum Gasteiger partial charge on any atom is 0.246 e. The van der Waals surface area contributed by atoms with Crippen molar-refractivity contribution >= 4 is 0 Å². The van der Waals surface area contributed by atoms with Gasteiger partial charge >= 0.3 is 0 Å². The molecule has 0 bridgehead atoms. The molecule has 120 valence electrons. The second-order valence-electron chi connectivity index (χ2n) is 6.34. The largest absolute Gasteiger partial charge is 0.370 e. The van der Waals surface area contributed by atoms with Crippen LogP contribution in [0.3, 0.4) is 0 Å². The number of ether oxygens (including phenoxy) is 1. The Bertz CT molecular complexity index is 438. The van der Waals surface area contributed by atoms with Gasteiger partial charge in [-0.2, -0.15) is 4.98 Å². The molecule has 1 heterocycles. The quantitative estimate of drug-likeness (QED) is 0.869. The van der Waals surface area contributed by atoms with E-state index in [0.29, 0.717) is 11.7 Å². The first-order chi connectivity index (χ1) is 10.0. The minimum atomic E-state index is -0.460. The second kappa shape index (κ2) is 6.44. The number of nitrogens with two attached hydrogens (primary N) is 1. The fourth-order valence-corrected chi connectivity index (χ4v) is 3.37. The van der Waals surface area contributed by atoms with Crippen molar-refractivity contribution in [1.82, 2.24) is 10.1 Å². The molecule has 21 heavy (non-hydrogen) atoms. The molecule has 0 saturated heterocycles. The summed E-state index contributed by atoms with van der Waals surface area (Å²) in [5.74, 6) is 2.00. The van der Waals surface area contributed by atoms with Crippen molar-refractivity contribution in [1.29, 1.82) is 0 Å². The first-order valence-electron chi connectivity index (χ1n) is 8.22. The minimum Gasteiger partial charge on any atom is -0.370 e. The first kappa shape index (κ1) is 16.4. The topological polar surface area (TPSA) is 74.2 Å². The van der Waals surface area contributed by atoms with Crippen molar-refractivity contribution in [2.75, 3.05) is 7.11 Å². The molecule has 0 unspecified atom stereocenters. The molecule has 2 rings (SSSR count). The minimum absolute atomic E-state index is 0.460. The highest BCUT2D eigenvalue weighted by Gasteiger charge is 2.40. The molecule has 1 aliphatic carbocycles. The molecule has 1 aromatic rings. The Labute approximate surface area is 127 Å². The molecule has 0 amide bonds. The van der Waals surface area contributed by atoms with E-state index in [1.165, 1.54) is 6.42 Å². The van der Waals surface area contributed by atoms with Gasteiger partial charge in [0.2, 0.25) is 11.7 Å². The van der Waals surface area contributed by atoms with Crippen LogP contribution < -0.4 is 5.73 Å². The van der Waals surface area contributed by atoms with Crippen LogP contribution in [0.4, 0.5) is 0 Å². The lowest BCUT2D eigenvalue weighted by molar-refractivity contribution is -0.0306. The van der Waals surface area contributed by atoms with Crippen molar-refractivity contribution in [2.24, 2.45) is 11.7 Å². The Balaban J connectivity index is 2.20. The standard InChI is InChI=1S/C16H29N3O2/c1-5-12-8-10-15(17,11-9-12)14-18-13(19-21-14)16(6-2,7-3)20-4/h12H,5-11,17H2,1-4H3. The molecule has 5 heteroatoms. The fraction of sp³-hybridized carbons (Fsp3) is 0.875. The molecule has 0 aliphatic heterocycles. The second-order valence-corrected chi connectivity index (χ2v) is 6.34. The lowest BCUT2D eigenvalue weighted by Crippen LogP contribution is -2.41. The van der Waals surface area contributed by atoms with Crippen molar-refractivity contribution in [2.45, 2.75) is 76.9 Å². The molecule has 1 saturated carbocycles. The molecule has 5 nitrogen and oxygen atoms in total. The van der Waals surface area contributed by atoms with Crippen molar-refractivity contribution in [3.8, 4) is 0 Å². The molecule has 0 radical (unpaired) electrons. The van der Waals surface area contributed by atoms with E-state index in [2.05, 4.69) is 30.9 Å². The van der Waals surface area contributed by atoms with Crippen LogP contribution in [0.15, 0.2) is 4.52 Å². The summed E-state index contributed by atoms with van der Waals surface area (Å²) >= 11 is 0. The molecule has 0 spiro atoms. The van der Waals surface area contributed by atoms with E-state index in [-0.39, 0.29) is 0 Å². The Morgan fingerprint density at radius 1 is 1.29 bits per heavy atom. The molecule has 0 aromatic carbocycles. The van der Waals surface area contributed by atoms with Gasteiger partial charge in [-0.15, -0.1) is 0 Å². The van der Waals surface area contributed by atoms with Gasteiger partial charge in [0.1, 0.15) is 5.60 Å². The summed E-state index contributed by atoms with van der Waals surface area (Å²) in [7, 11) is 1.70. The van der Waals surface area contributed by atoms with E-state index in [9.17, 15) is 0 Å². The van der Waals surface area contributed by atoms with Crippen LogP contribution in [-0.2, 0) is 15.9 Å². The summed E-state index contributed by atoms with van der Waals surface area (Å²) in [6, 6.07) is 0. The van der Waals surface area contributed by atoms with E-state index in [4.69, 9.17) is 15.0 Å². The highest BCUT2D eigenvalue weighted by molar-refractivity contribution is 5.08. The number of hydrogen-bond acceptors (Lipinski definition) is 5. The normalized spacial score (nSPS) is 27.0. The zero-order valence-corrected chi connectivity index (χ0v) is 13.8. The van der Waals surface area contributed by atoms with Crippen LogP contribution >= 0.6 is 0 Å². The average Bonchev–Trinajstić information content (AvgIpc) is 3.02. The lowest BCUT2D eigenvalue weighted by atomic mass is 9.76. The van der Waals surface area contributed by atoms with Gasteiger partial charge in [0.05, 0.1) is 5.54 Å². The number of rotatable bonds is 6. The SMILES string of the molecule is CCC1CCC(N)(c2nc(C(CC)(CC)OC)no2)CC1. The van der Waals surface area contributed by atoms with Gasteiger partial charge in [0.15, 0.2) is 0 Å². The third-order valence-electron chi connectivity index (χ3n) is 5.37. The van der Waals surface area contributed by atoms with Gasteiger partial charge in [0.25, 0.3) is 0 Å². The van der Waals surface area contributed by atoms with E-state index in [1.807, 2.05) is 0 Å². The molecular weight excluding hydrogens is 266 g/mol. The van der Waals surface area contributed by atoms with Gasteiger partial charge in [0, 0.05) is 7.11 Å². The summed E-state index contributed by atoms with van der Waals surface area (Å²) in [6.07, 6.45) is 6.98. The van der Waals surface area contributed by atoms with Crippen molar-refractivity contribution in [3.05, 3.63) is 11.7 Å². The molecule has 1 aliphatic rings. The van der Waals surface area contributed by atoms with Crippen LogP contribution in [0.25, 0.3) is 0 Å². The summed E-state index contributed by atoms with van der Waals surface area (Å²) in [4.78, 5) is 4.61. The van der Waals surface area contributed by atoms with Gasteiger partial charge in [-0.25, -0.2) is 0 Å². The number of methoxy groups -OCH3 is 1. The average molecular weight is 295 g/mol. The van der Waals surface area contributed by atoms with E-state index in [0.717, 1.165) is 44.4 Å². The number of nitrogens with zero attached hydrogens (tertiary/aromatic N) is 2. The molecule has 1 aromatic heterocycles. The van der Waals surface area contributed by atoms with Crippen molar-refractivity contribution in [3.63, 3.8) is 0 Å². The zero-order chi connectivity index (χ0) is 15.5. The molecule has 2 N–H and O–H groups in total. The molecule has 0 atom stereocenters. The summed E-state index contributed by atoms with van der Waals surface area (Å²) in [5, 5.41) is 4.17. The lowest BCUT2D eigenvalue weighted by Gasteiger charge is -2.33. The summed E-state index contributed by atoms with van der Waals surface area (Å²) < 4.78 is 11.2. The van der Waals surface area contributed by atoms with Crippen LogP contribution in [0.2, 0.25) is 0 Å². The Morgan fingerprint density at radius 3 is 2.38 bits per heavy atom. The van der Waals surface area contributed by atoms with E-state index < -0.39 is 11.1 Å². The zero-order valence-electron chi connectivity index (χ0n) is 13.8. The predicted molar refractivity (Wildman–Crippen MR) is 81.7 cm³/mol. The highest BCUT2D eigenvalue weighted by Crippen LogP contribution is 2.39. The Morgan fingerprint density at radius 2 is 1.90 bits per heavy atom. The highest BCUT2D eigenvalue weighted by atomic mass is 16.5. The first-order valence-corrected chi connectivity index (χ1v) is 8.22. The molecule has 1 fully saturated rings. The Hall–Kier alpha value is -0.940. The van der Waals surface area contributed by atoms with Crippen LogP contribution in [0.1, 0.15) is 77.4 Å². The smallest absolute Gasteiger partial charge is 0.246 e. The predicted octanol–water partition coefficient (Wildman–Crippen LogP) is 3.49. The number of hydrogen-bond donors (Lipinski definition) is 1. The van der Waals surface area contributed by atoms with Crippen LogP contribution in [-0.4, -0.2) is 17.3 Å². The summed E-state index contributed by atoms with van der Waals surface area (Å²) in [6.45, 7) is 6.40. The van der Waals surface area contributed by atoms with Crippen LogP contribution in [0.5, 0.6) is 0 Å². The monoisotopic (exact) mass is 295 g/mol. The van der Waals surface area contributed by atoms with Gasteiger partial charge < -0.3 is 15.0 Å². The van der Waals surface area contributed by atoms with Gasteiger partial charge in [-0.05, 0) is 44.4 Å². The maximum atomic E-state index is 6.54. The summed E-state index contributed by atoms with van der Waals surface area (Å²) in [5.41, 5.74) is 5.62. The maximum absolute atomic E-state index is 6.54. The Kier molecular flexibility index (Phi) is 5.04. The van der Waals surface area contributed by atoms with E-state index >= 15 is 0 Å². The molecular formula is C16H29N3O2. The third-order valence-corrected chi connectivity index (χ3v) is 5.37.